The van der Waals surface area contributed by atoms with Crippen molar-refractivity contribution in [2.24, 2.45) is 17.8 Å². The van der Waals surface area contributed by atoms with Gasteiger partial charge in [0.05, 0.1) is 6.61 Å². The van der Waals surface area contributed by atoms with Gasteiger partial charge in [0, 0.05) is 18.6 Å². The molecule has 4 nitrogen and oxygen atoms in total. The molecule has 0 radical (unpaired) electrons. The maximum atomic E-state index is 11.3. The van der Waals surface area contributed by atoms with Gasteiger partial charge in [-0.15, -0.1) is 0 Å². The number of allylic oxidation sites excluding steroid dienone is 1. The summed E-state index contributed by atoms with van der Waals surface area (Å²) in [6.07, 6.45) is 4.95. The number of carbonyl (C=O) groups excluding carboxylic acids is 1. The molecule has 2 aliphatic rings. The van der Waals surface area contributed by atoms with Gasteiger partial charge in [-0.2, -0.15) is 0 Å². The number of fused-ring (bicyclic) bond motifs is 2. The predicted octanol–water partition coefficient (Wildman–Crippen LogP) is 0.916. The zero-order valence-electron chi connectivity index (χ0n) is 8.85. The third-order valence-corrected chi connectivity index (χ3v) is 3.39. The molecule has 1 fully saturated rings. The Balaban J connectivity index is 1.96. The van der Waals surface area contributed by atoms with Crippen molar-refractivity contribution < 1.29 is 14.6 Å². The van der Waals surface area contributed by atoms with Crippen LogP contribution in [-0.2, 0) is 4.74 Å². The number of carbonyl (C=O) groups is 1. The molecule has 0 aromatic heterocycles. The molecule has 2 N–H and O–H groups in total. The lowest BCUT2D eigenvalue weighted by Crippen LogP contribution is -2.44. The van der Waals surface area contributed by atoms with Crippen molar-refractivity contribution in [3.63, 3.8) is 0 Å². The van der Waals surface area contributed by atoms with E-state index in [4.69, 9.17) is 4.74 Å². The number of amides is 1. The van der Waals surface area contributed by atoms with Crippen LogP contribution in [0.4, 0.5) is 4.79 Å². The van der Waals surface area contributed by atoms with E-state index in [1.165, 1.54) is 0 Å². The molecule has 4 heteroatoms. The molecule has 0 heterocycles. The Kier molecular flexibility index (Phi) is 2.95. The Labute approximate surface area is 89.3 Å². The molecular weight excluding hydrogens is 194 g/mol. The van der Waals surface area contributed by atoms with Crippen LogP contribution in [0.15, 0.2) is 12.2 Å². The highest BCUT2D eigenvalue weighted by molar-refractivity contribution is 5.67. The number of nitrogens with one attached hydrogen (secondary N) is 1. The Morgan fingerprint density at radius 1 is 1.53 bits per heavy atom. The van der Waals surface area contributed by atoms with Crippen molar-refractivity contribution in [2.45, 2.75) is 19.4 Å². The molecule has 4 atom stereocenters. The van der Waals surface area contributed by atoms with Gasteiger partial charge in [-0.1, -0.05) is 12.2 Å². The van der Waals surface area contributed by atoms with E-state index < -0.39 is 0 Å². The maximum absolute atomic E-state index is 11.3. The molecule has 2 bridgehead atoms. The van der Waals surface area contributed by atoms with Gasteiger partial charge in [0.25, 0.3) is 0 Å². The zero-order chi connectivity index (χ0) is 10.8. The number of aliphatic hydroxyl groups excluding tert-OH is 1. The molecule has 0 spiro atoms. The number of hydrogen-bond acceptors (Lipinski definition) is 3. The fourth-order valence-electron chi connectivity index (χ4n) is 2.70. The topological polar surface area (TPSA) is 58.6 Å². The Bertz CT molecular complexity index is 277. The van der Waals surface area contributed by atoms with Crippen molar-refractivity contribution >= 4 is 6.09 Å². The summed E-state index contributed by atoms with van der Waals surface area (Å²) in [4.78, 5) is 11.3. The second kappa shape index (κ2) is 4.23. The first kappa shape index (κ1) is 10.5. The fourth-order valence-corrected chi connectivity index (χ4v) is 2.70. The van der Waals surface area contributed by atoms with Crippen molar-refractivity contribution in [3.8, 4) is 0 Å². The minimum absolute atomic E-state index is 0.0454. The average molecular weight is 211 g/mol. The second-order valence-corrected chi connectivity index (χ2v) is 4.19. The Hall–Kier alpha value is -1.03. The summed E-state index contributed by atoms with van der Waals surface area (Å²) in [5, 5.41) is 12.1. The summed E-state index contributed by atoms with van der Waals surface area (Å²) >= 11 is 0. The molecule has 2 aliphatic carbocycles. The quantitative estimate of drug-likeness (QED) is 0.682. The average Bonchev–Trinajstić information content (AvgIpc) is 2.78. The molecule has 0 aliphatic heterocycles. The van der Waals surface area contributed by atoms with Gasteiger partial charge in [-0.25, -0.2) is 4.79 Å². The minimum atomic E-state index is -0.373. The van der Waals surface area contributed by atoms with Gasteiger partial charge in [-0.05, 0) is 25.2 Å². The molecule has 0 aromatic rings. The molecule has 0 unspecified atom stereocenters. The van der Waals surface area contributed by atoms with Crippen LogP contribution < -0.4 is 5.32 Å². The van der Waals surface area contributed by atoms with Crippen molar-refractivity contribution in [1.82, 2.24) is 5.32 Å². The molecule has 0 saturated heterocycles. The summed E-state index contributed by atoms with van der Waals surface area (Å²) in [5.74, 6) is 0.952. The molecular formula is C11H17NO3. The van der Waals surface area contributed by atoms with E-state index in [0.717, 1.165) is 6.42 Å². The Morgan fingerprint density at radius 3 is 2.93 bits per heavy atom. The number of aliphatic hydroxyl groups is 1. The van der Waals surface area contributed by atoms with Crippen LogP contribution in [0.5, 0.6) is 0 Å². The van der Waals surface area contributed by atoms with Crippen molar-refractivity contribution in [3.05, 3.63) is 12.2 Å². The SMILES string of the molecule is CCOC(=O)N[C@@H]1[C@H](CO)[C@H]2C=C[C@@H]1C2. The van der Waals surface area contributed by atoms with Crippen LogP contribution >= 0.6 is 0 Å². The lowest BCUT2D eigenvalue weighted by Gasteiger charge is -2.26. The first-order chi connectivity index (χ1) is 7.26. The van der Waals surface area contributed by atoms with Crippen molar-refractivity contribution in [1.29, 1.82) is 0 Å². The molecule has 15 heavy (non-hydrogen) atoms. The van der Waals surface area contributed by atoms with Crippen LogP contribution in [0.2, 0.25) is 0 Å². The van der Waals surface area contributed by atoms with E-state index in [1.807, 2.05) is 0 Å². The normalized spacial score (nSPS) is 36.9. The Morgan fingerprint density at radius 2 is 2.27 bits per heavy atom. The summed E-state index contributed by atoms with van der Waals surface area (Å²) in [5.41, 5.74) is 0. The van der Waals surface area contributed by atoms with E-state index in [-0.39, 0.29) is 24.7 Å². The summed E-state index contributed by atoms with van der Waals surface area (Å²) in [7, 11) is 0. The van der Waals surface area contributed by atoms with Gasteiger partial charge < -0.3 is 15.2 Å². The molecule has 1 saturated carbocycles. The van der Waals surface area contributed by atoms with E-state index in [0.29, 0.717) is 18.4 Å². The van der Waals surface area contributed by atoms with E-state index in [2.05, 4.69) is 17.5 Å². The second-order valence-electron chi connectivity index (χ2n) is 4.19. The number of ether oxygens (including phenoxy) is 1. The van der Waals surface area contributed by atoms with Crippen molar-refractivity contribution in [2.75, 3.05) is 13.2 Å². The third-order valence-electron chi connectivity index (χ3n) is 3.39. The monoisotopic (exact) mass is 211 g/mol. The fraction of sp³-hybridized carbons (Fsp3) is 0.727. The van der Waals surface area contributed by atoms with Crippen LogP contribution in [0.1, 0.15) is 13.3 Å². The van der Waals surface area contributed by atoms with E-state index >= 15 is 0 Å². The van der Waals surface area contributed by atoms with E-state index in [1.54, 1.807) is 6.92 Å². The van der Waals surface area contributed by atoms with Crippen LogP contribution in [-0.4, -0.2) is 30.5 Å². The minimum Gasteiger partial charge on any atom is -0.450 e. The third kappa shape index (κ3) is 1.86. The van der Waals surface area contributed by atoms with E-state index in [9.17, 15) is 9.90 Å². The van der Waals surface area contributed by atoms with Crippen LogP contribution in [0.3, 0.4) is 0 Å². The maximum Gasteiger partial charge on any atom is 0.407 e. The zero-order valence-corrected chi connectivity index (χ0v) is 8.85. The van der Waals surface area contributed by atoms with Gasteiger partial charge >= 0.3 is 6.09 Å². The molecule has 0 aromatic carbocycles. The highest BCUT2D eigenvalue weighted by Crippen LogP contribution is 2.43. The molecule has 1 amide bonds. The largest absolute Gasteiger partial charge is 0.450 e. The highest BCUT2D eigenvalue weighted by Gasteiger charge is 2.44. The molecule has 2 rings (SSSR count). The lowest BCUT2D eigenvalue weighted by atomic mass is 9.90. The first-order valence-electron chi connectivity index (χ1n) is 5.48. The number of hydrogen-bond donors (Lipinski definition) is 2. The standard InChI is InChI=1S/C11H17NO3/c1-2-15-11(14)12-10-8-4-3-7(5-8)9(10)6-13/h3-4,7-10,13H,2,5-6H2,1H3,(H,12,14)/t7-,8+,9+,10-/m0/s1. The van der Waals surface area contributed by atoms with Gasteiger partial charge in [0.2, 0.25) is 0 Å². The summed E-state index contributed by atoms with van der Waals surface area (Å²) in [6.45, 7) is 2.29. The van der Waals surface area contributed by atoms with Gasteiger partial charge in [0.1, 0.15) is 0 Å². The van der Waals surface area contributed by atoms with Crippen LogP contribution in [0, 0.1) is 17.8 Å². The predicted molar refractivity (Wildman–Crippen MR) is 55.3 cm³/mol. The molecule has 84 valence electrons. The highest BCUT2D eigenvalue weighted by atomic mass is 16.5. The van der Waals surface area contributed by atoms with Gasteiger partial charge in [-0.3, -0.25) is 0 Å². The van der Waals surface area contributed by atoms with Gasteiger partial charge in [0.15, 0.2) is 0 Å². The first-order valence-corrected chi connectivity index (χ1v) is 5.48. The lowest BCUT2D eigenvalue weighted by molar-refractivity contribution is 0.132. The summed E-state index contributed by atoms with van der Waals surface area (Å²) in [6, 6.07) is 0.0454. The smallest absolute Gasteiger partial charge is 0.407 e. The summed E-state index contributed by atoms with van der Waals surface area (Å²) < 4.78 is 4.85. The number of alkyl carbamates (subject to hydrolysis) is 1. The number of rotatable bonds is 3. The van der Waals surface area contributed by atoms with Crippen LogP contribution in [0.25, 0.3) is 0 Å².